The lowest BCUT2D eigenvalue weighted by Gasteiger charge is -2.39. The van der Waals surface area contributed by atoms with Crippen LogP contribution in [0.4, 0.5) is 11.8 Å². The molecular weight excluding hydrogens is 484 g/mol. The van der Waals surface area contributed by atoms with E-state index in [9.17, 15) is 4.79 Å². The highest BCUT2D eigenvalue weighted by atomic mass is 16.5. The maximum Gasteiger partial charge on any atom is 0.434 e. The topological polar surface area (TPSA) is 127 Å². The Morgan fingerprint density at radius 3 is 2.55 bits per heavy atom. The van der Waals surface area contributed by atoms with Crippen molar-refractivity contribution in [2.24, 2.45) is 17.8 Å². The SMILES string of the molecule is CC1CCC(Cn2c(N3CCO[C@@H](C)[C@@H]3C)nc3nc(-c4n[nH]c(=O)o4)nc(N[C@H](C)C4CCC4)c32)CC1. The molecule has 11 nitrogen and oxygen atoms in total. The minimum atomic E-state index is -0.630. The fourth-order valence-electron chi connectivity index (χ4n) is 6.20. The van der Waals surface area contributed by atoms with Crippen LogP contribution in [0.3, 0.4) is 0 Å². The largest absolute Gasteiger partial charge is 0.434 e. The molecule has 3 atom stereocenters. The molecule has 2 aliphatic carbocycles. The molecule has 0 spiro atoms. The van der Waals surface area contributed by atoms with Gasteiger partial charge >= 0.3 is 5.76 Å². The van der Waals surface area contributed by atoms with Crippen molar-refractivity contribution in [2.45, 2.75) is 97.4 Å². The number of morpholine rings is 1. The van der Waals surface area contributed by atoms with E-state index in [2.05, 4.69) is 52.7 Å². The zero-order chi connectivity index (χ0) is 26.4. The summed E-state index contributed by atoms with van der Waals surface area (Å²) in [5.41, 5.74) is 1.51. The Hall–Kier alpha value is -2.95. The first-order valence-corrected chi connectivity index (χ1v) is 14.4. The highest BCUT2D eigenvalue weighted by Crippen LogP contribution is 2.37. The summed E-state index contributed by atoms with van der Waals surface area (Å²) in [7, 11) is 0. The van der Waals surface area contributed by atoms with Gasteiger partial charge in [-0.05, 0) is 64.2 Å². The first kappa shape index (κ1) is 25.3. The van der Waals surface area contributed by atoms with Crippen LogP contribution < -0.4 is 16.0 Å². The molecule has 11 heteroatoms. The molecule has 0 aromatic carbocycles. The Morgan fingerprint density at radius 2 is 1.87 bits per heavy atom. The predicted octanol–water partition coefficient (Wildman–Crippen LogP) is 4.21. The summed E-state index contributed by atoms with van der Waals surface area (Å²) in [6, 6.07) is 0.429. The van der Waals surface area contributed by atoms with Crippen LogP contribution in [-0.2, 0) is 11.3 Å². The van der Waals surface area contributed by atoms with Crippen molar-refractivity contribution < 1.29 is 9.15 Å². The van der Waals surface area contributed by atoms with Crippen molar-refractivity contribution in [3.8, 4) is 11.7 Å². The number of hydrogen-bond acceptors (Lipinski definition) is 9. The van der Waals surface area contributed by atoms with Gasteiger partial charge in [-0.1, -0.05) is 26.2 Å². The fourth-order valence-corrected chi connectivity index (χ4v) is 6.20. The average Bonchev–Trinajstić information content (AvgIpc) is 3.45. The summed E-state index contributed by atoms with van der Waals surface area (Å²) < 4.78 is 13.5. The highest BCUT2D eigenvalue weighted by molar-refractivity contribution is 5.87. The third kappa shape index (κ3) is 4.81. The van der Waals surface area contributed by atoms with Crippen LogP contribution >= 0.6 is 0 Å². The number of anilines is 2. The van der Waals surface area contributed by atoms with E-state index in [0.29, 0.717) is 24.1 Å². The van der Waals surface area contributed by atoms with Crippen LogP contribution in [-0.4, -0.2) is 61.1 Å². The summed E-state index contributed by atoms with van der Waals surface area (Å²) in [4.78, 5) is 28.8. The number of rotatable bonds is 7. The Morgan fingerprint density at radius 1 is 1.08 bits per heavy atom. The van der Waals surface area contributed by atoms with Crippen molar-refractivity contribution in [1.29, 1.82) is 0 Å². The van der Waals surface area contributed by atoms with Gasteiger partial charge in [0, 0.05) is 19.1 Å². The van der Waals surface area contributed by atoms with E-state index in [-0.39, 0.29) is 29.9 Å². The lowest BCUT2D eigenvalue weighted by atomic mass is 9.80. The number of nitrogens with zero attached hydrogens (tertiary/aromatic N) is 6. The van der Waals surface area contributed by atoms with E-state index in [0.717, 1.165) is 36.3 Å². The zero-order valence-corrected chi connectivity index (χ0v) is 22.9. The van der Waals surface area contributed by atoms with Crippen molar-refractivity contribution in [3.05, 3.63) is 10.6 Å². The van der Waals surface area contributed by atoms with Crippen LogP contribution in [0.25, 0.3) is 22.9 Å². The standard InChI is InChI=1S/C27H40N8O3/c1-15-8-10-19(11-9-15)14-35-21-22(28-16(2)20-6-5-7-20)29-24(25-32-33-27(36)38-25)30-23(21)31-26(35)34-12-13-37-18(4)17(34)3/h15-20H,5-14H2,1-4H3,(H,33,36)(H,28,29,30)/t15?,16-,17+,18+,19?/m1/s1. The first-order chi connectivity index (χ1) is 18.4. The van der Waals surface area contributed by atoms with Crippen molar-refractivity contribution in [2.75, 3.05) is 23.4 Å². The van der Waals surface area contributed by atoms with E-state index in [1.165, 1.54) is 44.9 Å². The summed E-state index contributed by atoms with van der Waals surface area (Å²) in [5, 5.41) is 10.0. The van der Waals surface area contributed by atoms with Crippen LogP contribution in [0, 0.1) is 17.8 Å². The van der Waals surface area contributed by atoms with Gasteiger partial charge in [0.25, 0.3) is 5.89 Å². The van der Waals surface area contributed by atoms with Gasteiger partial charge in [0.15, 0.2) is 11.5 Å². The van der Waals surface area contributed by atoms with Crippen LogP contribution in [0.2, 0.25) is 0 Å². The number of H-pyrrole nitrogens is 1. The molecule has 3 fully saturated rings. The maximum atomic E-state index is 11.7. The molecule has 4 heterocycles. The van der Waals surface area contributed by atoms with Gasteiger partial charge in [0.05, 0.1) is 18.8 Å². The quantitative estimate of drug-likeness (QED) is 0.467. The lowest BCUT2D eigenvalue weighted by Crippen LogP contribution is -2.49. The predicted molar refractivity (Wildman–Crippen MR) is 145 cm³/mol. The van der Waals surface area contributed by atoms with Crippen molar-refractivity contribution in [3.63, 3.8) is 0 Å². The van der Waals surface area contributed by atoms with Crippen molar-refractivity contribution >= 4 is 22.9 Å². The molecular formula is C27H40N8O3. The minimum Gasteiger partial charge on any atom is -0.384 e. The molecule has 3 aromatic heterocycles. The molecule has 2 N–H and O–H groups in total. The Balaban J connectivity index is 1.49. The van der Waals surface area contributed by atoms with Crippen LogP contribution in [0.5, 0.6) is 0 Å². The maximum absolute atomic E-state index is 11.7. The van der Waals surface area contributed by atoms with Gasteiger partial charge in [0.2, 0.25) is 11.8 Å². The van der Waals surface area contributed by atoms with Crippen molar-refractivity contribution in [1.82, 2.24) is 29.7 Å². The molecule has 38 heavy (non-hydrogen) atoms. The molecule has 0 amide bonds. The van der Waals surface area contributed by atoms with Gasteiger partial charge in [0.1, 0.15) is 5.52 Å². The third-order valence-electron chi connectivity index (χ3n) is 9.15. The highest BCUT2D eigenvalue weighted by Gasteiger charge is 2.33. The second-order valence-electron chi connectivity index (χ2n) is 11.8. The Bertz CT molecular complexity index is 1320. The molecule has 6 rings (SSSR count). The Labute approximate surface area is 222 Å². The molecule has 3 aromatic rings. The summed E-state index contributed by atoms with van der Waals surface area (Å²) >= 11 is 0. The van der Waals surface area contributed by atoms with Gasteiger partial charge < -0.3 is 23.9 Å². The Kier molecular flexibility index (Phi) is 6.88. The summed E-state index contributed by atoms with van der Waals surface area (Å²) in [6.45, 7) is 11.2. The van der Waals surface area contributed by atoms with Gasteiger partial charge in [-0.3, -0.25) is 0 Å². The average molecular weight is 525 g/mol. The van der Waals surface area contributed by atoms with E-state index in [1.54, 1.807) is 0 Å². The number of ether oxygens (including phenoxy) is 1. The molecule has 3 aliphatic rings. The van der Waals surface area contributed by atoms with Gasteiger partial charge in [-0.15, -0.1) is 5.10 Å². The number of nitrogens with one attached hydrogen (secondary N) is 2. The number of imidazole rings is 1. The molecule has 206 valence electrons. The van der Waals surface area contributed by atoms with Gasteiger partial charge in [-0.25, -0.2) is 19.9 Å². The number of aromatic nitrogens is 6. The zero-order valence-electron chi connectivity index (χ0n) is 22.9. The molecule has 2 saturated carbocycles. The van der Waals surface area contributed by atoms with Gasteiger partial charge in [-0.2, -0.15) is 4.98 Å². The number of aromatic amines is 1. The molecule has 0 unspecified atom stereocenters. The normalized spacial score (nSPS) is 27.4. The summed E-state index contributed by atoms with van der Waals surface area (Å²) in [6.07, 6.45) is 8.77. The monoisotopic (exact) mass is 524 g/mol. The molecule has 1 saturated heterocycles. The summed E-state index contributed by atoms with van der Waals surface area (Å²) in [5.74, 6) is 3.32. The van der Waals surface area contributed by atoms with E-state index >= 15 is 0 Å². The molecule has 1 aliphatic heterocycles. The van der Waals surface area contributed by atoms with E-state index in [1.807, 2.05) is 0 Å². The van der Waals surface area contributed by atoms with Crippen LogP contribution in [0.1, 0.15) is 72.6 Å². The lowest BCUT2D eigenvalue weighted by molar-refractivity contribution is 0.0274. The minimum absolute atomic E-state index is 0.0713. The second kappa shape index (κ2) is 10.3. The van der Waals surface area contributed by atoms with E-state index in [4.69, 9.17) is 24.1 Å². The number of fused-ring (bicyclic) bond motifs is 1. The van der Waals surface area contributed by atoms with E-state index < -0.39 is 5.76 Å². The second-order valence-corrected chi connectivity index (χ2v) is 11.8. The first-order valence-electron chi connectivity index (χ1n) is 14.4. The fraction of sp³-hybridized carbons (Fsp3) is 0.741. The molecule has 0 bridgehead atoms. The third-order valence-corrected chi connectivity index (χ3v) is 9.15. The molecule has 0 radical (unpaired) electrons. The smallest absolute Gasteiger partial charge is 0.384 e. The van der Waals surface area contributed by atoms with Crippen LogP contribution in [0.15, 0.2) is 9.21 Å². The number of hydrogen-bond donors (Lipinski definition) is 2.